The highest BCUT2D eigenvalue weighted by atomic mass is 35.5. The number of rotatable bonds is 3. The van der Waals surface area contributed by atoms with Gasteiger partial charge in [0.2, 0.25) is 0 Å². The molecule has 2 aromatic carbocycles. The van der Waals surface area contributed by atoms with Gasteiger partial charge >= 0.3 is 11.9 Å². The minimum atomic E-state index is -0.999. The van der Waals surface area contributed by atoms with Crippen LogP contribution in [-0.4, -0.2) is 32.1 Å². The number of hydrogen-bond acceptors (Lipinski definition) is 2. The summed E-state index contributed by atoms with van der Waals surface area (Å²) in [7, 11) is 0. The lowest BCUT2D eigenvalue weighted by Gasteiger charge is -2.04. The second-order valence-corrected chi connectivity index (χ2v) is 6.69. The molecular weight excluding hydrogens is 380 g/mol. The molecule has 0 aliphatic carbocycles. The molecule has 0 saturated carbocycles. The van der Waals surface area contributed by atoms with Crippen LogP contribution in [0, 0.1) is 6.92 Å². The second-order valence-electron chi connectivity index (χ2n) is 6.32. The van der Waals surface area contributed by atoms with Crippen molar-refractivity contribution >= 4 is 45.3 Å². The van der Waals surface area contributed by atoms with Gasteiger partial charge in [0.15, 0.2) is 0 Å². The zero-order valence-corrected chi connectivity index (χ0v) is 16.1. The normalized spacial score (nSPS) is 10.7. The maximum Gasteiger partial charge on any atom is 0.337 e. The molecule has 0 saturated heterocycles. The zero-order chi connectivity index (χ0) is 20.4. The van der Waals surface area contributed by atoms with Crippen molar-refractivity contribution in [2.75, 3.05) is 0 Å². The Morgan fingerprint density at radius 2 is 1.61 bits per heavy atom. The molecule has 0 fully saturated rings. The molecule has 0 amide bonds. The van der Waals surface area contributed by atoms with Crippen LogP contribution in [0.4, 0.5) is 0 Å². The quantitative estimate of drug-likeness (QED) is 0.377. The van der Waals surface area contributed by atoms with Crippen LogP contribution in [0.15, 0.2) is 42.7 Å². The van der Waals surface area contributed by atoms with Gasteiger partial charge in [0, 0.05) is 34.2 Å². The fourth-order valence-corrected chi connectivity index (χ4v) is 3.60. The van der Waals surface area contributed by atoms with Gasteiger partial charge in [-0.1, -0.05) is 18.5 Å². The number of benzene rings is 2. The highest BCUT2D eigenvalue weighted by molar-refractivity contribution is 6.38. The van der Waals surface area contributed by atoms with Crippen LogP contribution in [0.2, 0.25) is 5.02 Å². The number of aromatic nitrogens is 2. The largest absolute Gasteiger partial charge is 0.478 e. The van der Waals surface area contributed by atoms with Crippen LogP contribution < -0.4 is 0 Å². The number of hydrogen-bond donors (Lipinski definition) is 4. The van der Waals surface area contributed by atoms with Crippen molar-refractivity contribution in [2.24, 2.45) is 0 Å². The van der Waals surface area contributed by atoms with Crippen LogP contribution in [0.25, 0.3) is 21.8 Å². The fourth-order valence-electron chi connectivity index (χ4n) is 3.31. The Hall–Kier alpha value is -3.25. The van der Waals surface area contributed by atoms with Gasteiger partial charge in [-0.05, 0) is 54.8 Å². The van der Waals surface area contributed by atoms with Crippen molar-refractivity contribution < 1.29 is 19.8 Å². The highest BCUT2D eigenvalue weighted by Crippen LogP contribution is 2.29. The minimum Gasteiger partial charge on any atom is -0.478 e. The van der Waals surface area contributed by atoms with Crippen LogP contribution in [0.5, 0.6) is 0 Å². The van der Waals surface area contributed by atoms with E-state index >= 15 is 0 Å². The molecule has 0 bridgehead atoms. The first-order valence-electron chi connectivity index (χ1n) is 8.66. The Morgan fingerprint density at radius 3 is 2.25 bits per heavy atom. The van der Waals surface area contributed by atoms with Crippen LogP contribution >= 0.6 is 11.6 Å². The van der Waals surface area contributed by atoms with Gasteiger partial charge < -0.3 is 20.2 Å². The molecule has 28 heavy (non-hydrogen) atoms. The number of carbonyl (C=O) groups is 2. The Labute approximate surface area is 165 Å². The molecule has 0 unspecified atom stereocenters. The van der Waals surface area contributed by atoms with Gasteiger partial charge in [-0.2, -0.15) is 0 Å². The molecule has 0 aliphatic heterocycles. The number of carboxylic acid groups (broad SMARTS) is 2. The SMILES string of the molecule is CCc1c(C(=O)O)ccc2[nH]ccc12.Cc1cc(C(=O)O)c(Cl)c2cc[nH]c12. The number of aromatic carboxylic acids is 2. The Kier molecular flexibility index (Phi) is 5.42. The van der Waals surface area contributed by atoms with Crippen LogP contribution in [-0.2, 0) is 6.42 Å². The third kappa shape index (κ3) is 3.46. The summed E-state index contributed by atoms with van der Waals surface area (Å²) >= 11 is 5.95. The van der Waals surface area contributed by atoms with E-state index in [1.165, 1.54) is 0 Å². The van der Waals surface area contributed by atoms with Crippen molar-refractivity contribution in [1.29, 1.82) is 0 Å². The number of aryl methyl sites for hydroxylation is 2. The molecule has 4 aromatic rings. The molecule has 144 valence electrons. The van der Waals surface area contributed by atoms with Crippen LogP contribution in [0.1, 0.15) is 38.8 Å². The Morgan fingerprint density at radius 1 is 0.964 bits per heavy atom. The van der Waals surface area contributed by atoms with E-state index in [0.717, 1.165) is 39.4 Å². The Bertz CT molecular complexity index is 1190. The number of fused-ring (bicyclic) bond motifs is 2. The van der Waals surface area contributed by atoms with E-state index in [-0.39, 0.29) is 5.56 Å². The summed E-state index contributed by atoms with van der Waals surface area (Å²) in [5, 5.41) is 19.9. The lowest BCUT2D eigenvalue weighted by atomic mass is 10.0. The third-order valence-electron chi connectivity index (χ3n) is 4.64. The molecule has 4 rings (SSSR count). The van der Waals surface area contributed by atoms with E-state index in [4.69, 9.17) is 21.8 Å². The fraction of sp³-hybridized carbons (Fsp3) is 0.143. The van der Waals surface area contributed by atoms with Crippen molar-refractivity contribution in [3.63, 3.8) is 0 Å². The minimum absolute atomic E-state index is 0.149. The number of carboxylic acids is 2. The number of nitrogens with one attached hydrogen (secondary N) is 2. The molecule has 7 heteroatoms. The van der Waals surface area contributed by atoms with Crippen molar-refractivity contribution in [1.82, 2.24) is 9.97 Å². The summed E-state index contributed by atoms with van der Waals surface area (Å²) in [6.45, 7) is 3.82. The maximum absolute atomic E-state index is 10.9. The predicted octanol–water partition coefficient (Wildman–Crippen LogP) is 5.26. The van der Waals surface area contributed by atoms with E-state index < -0.39 is 11.9 Å². The monoisotopic (exact) mass is 398 g/mol. The van der Waals surface area contributed by atoms with Gasteiger partial charge in [-0.15, -0.1) is 0 Å². The molecule has 0 radical (unpaired) electrons. The highest BCUT2D eigenvalue weighted by Gasteiger charge is 2.14. The van der Waals surface area contributed by atoms with Gasteiger partial charge in [0.1, 0.15) is 0 Å². The van der Waals surface area contributed by atoms with Gasteiger partial charge in [0.05, 0.1) is 16.1 Å². The summed E-state index contributed by atoms with van der Waals surface area (Å²) in [6, 6.07) is 8.72. The smallest absolute Gasteiger partial charge is 0.337 e. The molecule has 4 N–H and O–H groups in total. The first kappa shape index (κ1) is 19.5. The van der Waals surface area contributed by atoms with E-state index in [0.29, 0.717) is 10.6 Å². The molecule has 2 heterocycles. The number of aromatic amines is 2. The standard InChI is InChI=1S/C11H11NO2.C10H8ClNO2/c1-2-7-8-5-6-12-10(8)4-3-9(7)11(13)14;1-5-4-7(10(13)14)8(11)6-2-3-12-9(5)6/h3-6,12H,2H2,1H3,(H,13,14);2-4,12H,1H3,(H,13,14). The molecule has 0 spiro atoms. The van der Waals surface area contributed by atoms with Crippen molar-refractivity contribution in [3.8, 4) is 0 Å². The molecular formula is C21H19ClN2O4. The molecule has 0 aliphatic rings. The number of halogens is 1. The second kappa shape index (κ2) is 7.78. The van der Waals surface area contributed by atoms with E-state index in [9.17, 15) is 9.59 Å². The van der Waals surface area contributed by atoms with Crippen LogP contribution in [0.3, 0.4) is 0 Å². The lowest BCUT2D eigenvalue weighted by Crippen LogP contribution is -2.01. The van der Waals surface area contributed by atoms with Gasteiger partial charge in [-0.3, -0.25) is 0 Å². The Balaban J connectivity index is 0.000000161. The molecule has 2 aromatic heterocycles. The van der Waals surface area contributed by atoms with Gasteiger partial charge in [0.25, 0.3) is 0 Å². The molecule has 0 atom stereocenters. The lowest BCUT2D eigenvalue weighted by molar-refractivity contribution is 0.0685. The van der Waals surface area contributed by atoms with Crippen molar-refractivity contribution in [3.05, 3.63) is 70.0 Å². The van der Waals surface area contributed by atoms with E-state index in [1.54, 1.807) is 30.5 Å². The molecule has 6 nitrogen and oxygen atoms in total. The average molecular weight is 399 g/mol. The summed E-state index contributed by atoms with van der Waals surface area (Å²) in [5.41, 5.74) is 4.21. The van der Waals surface area contributed by atoms with E-state index in [2.05, 4.69) is 9.97 Å². The third-order valence-corrected chi connectivity index (χ3v) is 5.04. The number of H-pyrrole nitrogens is 2. The summed E-state index contributed by atoms with van der Waals surface area (Å²) in [4.78, 5) is 27.9. The average Bonchev–Trinajstić information content (AvgIpc) is 3.33. The zero-order valence-electron chi connectivity index (χ0n) is 15.3. The first-order chi connectivity index (χ1) is 13.3. The predicted molar refractivity (Wildman–Crippen MR) is 110 cm³/mol. The summed E-state index contributed by atoms with van der Waals surface area (Å²) in [6.07, 6.45) is 4.31. The summed E-state index contributed by atoms with van der Waals surface area (Å²) in [5.74, 6) is -1.86. The van der Waals surface area contributed by atoms with Crippen molar-refractivity contribution in [2.45, 2.75) is 20.3 Å². The topological polar surface area (TPSA) is 106 Å². The maximum atomic E-state index is 10.9. The van der Waals surface area contributed by atoms with E-state index in [1.807, 2.05) is 26.1 Å². The summed E-state index contributed by atoms with van der Waals surface area (Å²) < 4.78 is 0. The first-order valence-corrected chi connectivity index (χ1v) is 9.04. The van der Waals surface area contributed by atoms with Gasteiger partial charge in [-0.25, -0.2) is 9.59 Å².